The summed E-state index contributed by atoms with van der Waals surface area (Å²) in [4.78, 5) is 29.1. The number of aryl methyl sites for hydroxylation is 1. The Balaban J connectivity index is 1.44. The monoisotopic (exact) mass is 439 g/mol. The molecule has 1 atom stereocenters. The molecule has 0 N–H and O–H groups in total. The van der Waals surface area contributed by atoms with Gasteiger partial charge in [0.15, 0.2) is 0 Å². The summed E-state index contributed by atoms with van der Waals surface area (Å²) in [6.45, 7) is 13.8. The lowest BCUT2D eigenvalue weighted by molar-refractivity contribution is -0.133. The van der Waals surface area contributed by atoms with E-state index < -0.39 is 0 Å². The third-order valence-electron chi connectivity index (χ3n) is 7.03. The second-order valence-corrected chi connectivity index (χ2v) is 9.03. The van der Waals surface area contributed by atoms with Crippen LogP contribution in [0.5, 0.6) is 0 Å². The highest BCUT2D eigenvalue weighted by molar-refractivity contribution is 5.82. The van der Waals surface area contributed by atoms with Crippen molar-refractivity contribution in [3.05, 3.63) is 41.8 Å². The van der Waals surface area contributed by atoms with Crippen molar-refractivity contribution >= 4 is 11.9 Å². The first kappa shape index (κ1) is 24.4. The Morgan fingerprint density at radius 1 is 1.19 bits per heavy atom. The molecule has 1 unspecified atom stereocenters. The van der Waals surface area contributed by atoms with Crippen molar-refractivity contribution in [3.63, 3.8) is 0 Å². The van der Waals surface area contributed by atoms with Crippen molar-refractivity contribution in [1.29, 1.82) is 0 Å². The van der Waals surface area contributed by atoms with Gasteiger partial charge in [-0.25, -0.2) is 9.97 Å². The molecular formula is C26H41N5O. The number of carbonyl (C=O) groups is 1. The van der Waals surface area contributed by atoms with Gasteiger partial charge in [0.1, 0.15) is 0 Å². The summed E-state index contributed by atoms with van der Waals surface area (Å²) in [5.41, 5.74) is 2.22. The summed E-state index contributed by atoms with van der Waals surface area (Å²) < 4.78 is 0. The highest BCUT2D eigenvalue weighted by Gasteiger charge is 2.28. The van der Waals surface area contributed by atoms with Crippen LogP contribution in [0.3, 0.4) is 0 Å². The fourth-order valence-electron chi connectivity index (χ4n) is 4.68. The minimum Gasteiger partial charge on any atom is -0.342 e. The van der Waals surface area contributed by atoms with Crippen LogP contribution in [0.1, 0.15) is 58.9 Å². The van der Waals surface area contributed by atoms with Gasteiger partial charge in [0.05, 0.1) is 5.92 Å². The smallest absolute Gasteiger partial charge is 0.229 e. The summed E-state index contributed by atoms with van der Waals surface area (Å²) in [6.07, 6.45) is 15.9. The molecule has 6 nitrogen and oxygen atoms in total. The molecule has 1 aromatic heterocycles. The zero-order chi connectivity index (χ0) is 22.9. The van der Waals surface area contributed by atoms with Gasteiger partial charge in [0.25, 0.3) is 0 Å². The lowest BCUT2D eigenvalue weighted by Gasteiger charge is -2.42. The average molecular weight is 440 g/mol. The van der Waals surface area contributed by atoms with Crippen molar-refractivity contribution in [2.24, 2.45) is 5.92 Å². The molecule has 1 aromatic rings. The molecule has 0 bridgehead atoms. The predicted octanol–water partition coefficient (Wildman–Crippen LogP) is 4.09. The van der Waals surface area contributed by atoms with E-state index in [-0.39, 0.29) is 11.8 Å². The number of anilines is 1. The first-order valence-corrected chi connectivity index (χ1v) is 12.4. The maximum atomic E-state index is 12.9. The van der Waals surface area contributed by atoms with Crippen LogP contribution < -0.4 is 4.90 Å². The van der Waals surface area contributed by atoms with Gasteiger partial charge in [0, 0.05) is 57.7 Å². The fourth-order valence-corrected chi connectivity index (χ4v) is 4.68. The molecule has 176 valence electrons. The summed E-state index contributed by atoms with van der Waals surface area (Å²) in [5.74, 6) is 0.943. The molecule has 3 rings (SSSR count). The van der Waals surface area contributed by atoms with Gasteiger partial charge in [-0.2, -0.15) is 0 Å². The summed E-state index contributed by atoms with van der Waals surface area (Å²) >= 11 is 0. The Kier molecular flexibility index (Phi) is 9.27. The highest BCUT2D eigenvalue weighted by atomic mass is 16.2. The van der Waals surface area contributed by atoms with E-state index in [4.69, 9.17) is 0 Å². The number of rotatable bonds is 10. The molecule has 1 aliphatic heterocycles. The van der Waals surface area contributed by atoms with Crippen molar-refractivity contribution in [2.45, 2.75) is 65.8 Å². The number of hydrogen-bond donors (Lipinski definition) is 0. The topological polar surface area (TPSA) is 52.6 Å². The Morgan fingerprint density at radius 3 is 2.41 bits per heavy atom. The Hall–Kier alpha value is -2.21. The summed E-state index contributed by atoms with van der Waals surface area (Å²) in [5, 5.41) is 0. The van der Waals surface area contributed by atoms with E-state index in [1.54, 1.807) is 0 Å². The van der Waals surface area contributed by atoms with E-state index >= 15 is 0 Å². The Bertz CT molecular complexity index is 776. The number of amides is 1. The molecule has 0 radical (unpaired) electrons. The van der Waals surface area contributed by atoms with E-state index in [2.05, 4.69) is 26.7 Å². The van der Waals surface area contributed by atoms with Gasteiger partial charge in [-0.3, -0.25) is 9.69 Å². The van der Waals surface area contributed by atoms with E-state index in [1.807, 2.05) is 56.3 Å². The quantitative estimate of drug-likeness (QED) is 0.514. The first-order valence-electron chi connectivity index (χ1n) is 12.4. The van der Waals surface area contributed by atoms with E-state index in [1.165, 1.54) is 19.3 Å². The van der Waals surface area contributed by atoms with Gasteiger partial charge < -0.3 is 9.80 Å². The number of aromatic nitrogens is 2. The van der Waals surface area contributed by atoms with Crippen molar-refractivity contribution in [2.75, 3.05) is 44.2 Å². The van der Waals surface area contributed by atoms with Crippen molar-refractivity contribution in [3.8, 4) is 0 Å². The van der Waals surface area contributed by atoms with Crippen LogP contribution in [-0.2, 0) is 11.2 Å². The van der Waals surface area contributed by atoms with Crippen LogP contribution in [0, 0.1) is 5.92 Å². The highest BCUT2D eigenvalue weighted by Crippen LogP contribution is 2.26. The molecule has 0 aromatic carbocycles. The largest absolute Gasteiger partial charge is 0.342 e. The molecule has 2 aliphatic rings. The molecule has 0 spiro atoms. The maximum absolute atomic E-state index is 12.9. The minimum absolute atomic E-state index is 0.108. The molecule has 32 heavy (non-hydrogen) atoms. The average Bonchev–Trinajstić information content (AvgIpc) is 2.79. The number of hydrogen-bond acceptors (Lipinski definition) is 5. The standard InChI is InChI=1S/C26H41N5O/c1-5-10-23(6-2)21(4)25(32)29(7-3)14-9-11-22-19-27-26(28-20-22)31-17-15-30(16-18-31)24-12-8-13-24/h5-6,10,19-21,24H,7-9,11-18H2,1-4H3/b10-5-,23-6+. The van der Waals surface area contributed by atoms with Crippen molar-refractivity contribution in [1.82, 2.24) is 19.8 Å². The number of nitrogens with zero attached hydrogens (tertiary/aromatic N) is 5. The SMILES string of the molecule is C/C=C\C(=C/C)C(C)C(=O)N(CC)CCCc1cnc(N2CCN(C3CCC3)CC2)nc1. The molecule has 6 heteroatoms. The number of carbonyl (C=O) groups excluding carboxylic acids is 1. The molecule has 1 saturated heterocycles. The van der Waals surface area contributed by atoms with Crippen LogP contribution in [0.4, 0.5) is 5.95 Å². The second-order valence-electron chi connectivity index (χ2n) is 9.03. The molecule has 1 aliphatic carbocycles. The van der Waals surface area contributed by atoms with E-state index in [0.29, 0.717) is 0 Å². The summed E-state index contributed by atoms with van der Waals surface area (Å²) in [7, 11) is 0. The molecule has 2 heterocycles. The third-order valence-corrected chi connectivity index (χ3v) is 7.03. The molecule has 1 saturated carbocycles. The predicted molar refractivity (Wildman–Crippen MR) is 132 cm³/mol. The number of piperazine rings is 1. The molecular weight excluding hydrogens is 398 g/mol. The second kappa shape index (κ2) is 12.1. The van der Waals surface area contributed by atoms with Crippen molar-refractivity contribution < 1.29 is 4.79 Å². The Morgan fingerprint density at radius 2 is 1.88 bits per heavy atom. The first-order chi connectivity index (χ1) is 15.6. The fraction of sp³-hybridized carbons (Fsp3) is 0.654. The van der Waals surface area contributed by atoms with Gasteiger partial charge in [-0.1, -0.05) is 24.6 Å². The lowest BCUT2D eigenvalue weighted by Crippen LogP contribution is -2.52. The van der Waals surface area contributed by atoms with Crippen LogP contribution in [0.2, 0.25) is 0 Å². The van der Waals surface area contributed by atoms with Gasteiger partial charge in [-0.15, -0.1) is 0 Å². The van der Waals surface area contributed by atoms with Gasteiger partial charge in [0.2, 0.25) is 11.9 Å². The zero-order valence-electron chi connectivity index (χ0n) is 20.5. The minimum atomic E-state index is -0.108. The van der Waals surface area contributed by atoms with Crippen LogP contribution in [0.15, 0.2) is 36.2 Å². The summed E-state index contributed by atoms with van der Waals surface area (Å²) in [6, 6.07) is 0.825. The van der Waals surface area contributed by atoms with Crippen LogP contribution in [0.25, 0.3) is 0 Å². The van der Waals surface area contributed by atoms with Gasteiger partial charge >= 0.3 is 0 Å². The molecule has 1 amide bonds. The maximum Gasteiger partial charge on any atom is 0.229 e. The van der Waals surface area contributed by atoms with Gasteiger partial charge in [-0.05, 0) is 64.5 Å². The van der Waals surface area contributed by atoms with Crippen LogP contribution >= 0.6 is 0 Å². The number of allylic oxidation sites excluding steroid dienone is 3. The lowest BCUT2D eigenvalue weighted by atomic mass is 9.91. The molecule has 2 fully saturated rings. The van der Waals surface area contributed by atoms with E-state index in [9.17, 15) is 4.79 Å². The normalized spacial score (nSPS) is 19.2. The van der Waals surface area contributed by atoms with E-state index in [0.717, 1.165) is 75.2 Å². The van der Waals surface area contributed by atoms with Crippen LogP contribution in [-0.4, -0.2) is 71.0 Å². The Labute approximate surface area is 194 Å². The third kappa shape index (κ3) is 6.18. The zero-order valence-corrected chi connectivity index (χ0v) is 20.5.